The molecule has 2 aromatic rings. The predicted octanol–water partition coefficient (Wildman–Crippen LogP) is 3.00. The predicted molar refractivity (Wildman–Crippen MR) is 79.0 cm³/mol. The molecule has 0 saturated heterocycles. The summed E-state index contributed by atoms with van der Waals surface area (Å²) in [5.41, 5.74) is 10.2. The molecule has 0 unspecified atom stereocenters. The van der Waals surface area contributed by atoms with Gasteiger partial charge in [-0.2, -0.15) is 0 Å². The van der Waals surface area contributed by atoms with Crippen LogP contribution in [-0.4, -0.2) is 16.5 Å². The average Bonchev–Trinajstić information content (AvgIpc) is 2.42. The van der Waals surface area contributed by atoms with E-state index in [2.05, 4.69) is 55.9 Å². The standard InChI is InChI=1S/C16H21N3/c1-11-5-6-13(9-12(11)2)14-7-8-18-15(19-14)16(3,4)10-17/h5-9H,10,17H2,1-4H3. The van der Waals surface area contributed by atoms with Gasteiger partial charge >= 0.3 is 0 Å². The van der Waals surface area contributed by atoms with Crippen molar-refractivity contribution >= 4 is 0 Å². The summed E-state index contributed by atoms with van der Waals surface area (Å²) in [4.78, 5) is 9.02. The molecule has 0 saturated carbocycles. The first kappa shape index (κ1) is 13.7. The Kier molecular flexibility index (Phi) is 3.67. The topological polar surface area (TPSA) is 51.8 Å². The number of aryl methyl sites for hydroxylation is 2. The minimum atomic E-state index is -0.199. The van der Waals surface area contributed by atoms with Gasteiger partial charge in [0.25, 0.3) is 0 Å². The van der Waals surface area contributed by atoms with Crippen LogP contribution in [0.5, 0.6) is 0 Å². The summed E-state index contributed by atoms with van der Waals surface area (Å²) >= 11 is 0. The van der Waals surface area contributed by atoms with Gasteiger partial charge in [0.1, 0.15) is 5.82 Å². The van der Waals surface area contributed by atoms with Crippen LogP contribution in [0.4, 0.5) is 0 Å². The molecule has 0 amide bonds. The molecular formula is C16H21N3. The molecule has 3 nitrogen and oxygen atoms in total. The summed E-state index contributed by atoms with van der Waals surface area (Å²) in [5, 5.41) is 0. The quantitative estimate of drug-likeness (QED) is 0.917. The van der Waals surface area contributed by atoms with Crippen LogP contribution < -0.4 is 5.73 Å². The third-order valence-corrected chi connectivity index (χ3v) is 3.57. The second-order valence-corrected chi connectivity index (χ2v) is 5.65. The van der Waals surface area contributed by atoms with Gasteiger partial charge in [0.2, 0.25) is 0 Å². The molecular weight excluding hydrogens is 234 g/mol. The van der Waals surface area contributed by atoms with Crippen molar-refractivity contribution in [1.82, 2.24) is 9.97 Å². The number of nitrogens with zero attached hydrogens (tertiary/aromatic N) is 2. The maximum absolute atomic E-state index is 5.79. The van der Waals surface area contributed by atoms with Crippen LogP contribution in [0.3, 0.4) is 0 Å². The van der Waals surface area contributed by atoms with Crippen molar-refractivity contribution < 1.29 is 0 Å². The van der Waals surface area contributed by atoms with E-state index in [9.17, 15) is 0 Å². The Bertz CT molecular complexity index is 588. The van der Waals surface area contributed by atoms with Crippen LogP contribution in [0.2, 0.25) is 0 Å². The molecule has 0 spiro atoms. The van der Waals surface area contributed by atoms with Gasteiger partial charge in [-0.25, -0.2) is 9.97 Å². The van der Waals surface area contributed by atoms with Gasteiger partial charge < -0.3 is 5.73 Å². The Labute approximate surface area is 114 Å². The summed E-state index contributed by atoms with van der Waals surface area (Å²) in [6.45, 7) is 8.88. The molecule has 100 valence electrons. The highest BCUT2D eigenvalue weighted by atomic mass is 14.9. The Hall–Kier alpha value is -1.74. The number of nitrogens with two attached hydrogens (primary N) is 1. The van der Waals surface area contributed by atoms with Crippen molar-refractivity contribution in [3.8, 4) is 11.3 Å². The molecule has 19 heavy (non-hydrogen) atoms. The maximum atomic E-state index is 5.79. The third kappa shape index (κ3) is 2.82. The van der Waals surface area contributed by atoms with E-state index in [1.54, 1.807) is 0 Å². The molecule has 3 heteroatoms. The molecule has 0 fully saturated rings. The number of hydrogen-bond acceptors (Lipinski definition) is 3. The number of benzene rings is 1. The van der Waals surface area contributed by atoms with Gasteiger partial charge in [-0.15, -0.1) is 0 Å². The zero-order chi connectivity index (χ0) is 14.0. The number of aromatic nitrogens is 2. The van der Waals surface area contributed by atoms with Crippen LogP contribution >= 0.6 is 0 Å². The molecule has 2 N–H and O–H groups in total. The van der Waals surface area contributed by atoms with E-state index in [4.69, 9.17) is 5.73 Å². The lowest BCUT2D eigenvalue weighted by atomic mass is 9.92. The van der Waals surface area contributed by atoms with Crippen molar-refractivity contribution in [3.63, 3.8) is 0 Å². The first-order chi connectivity index (χ1) is 8.94. The first-order valence-electron chi connectivity index (χ1n) is 6.55. The van der Waals surface area contributed by atoms with E-state index in [0.717, 1.165) is 17.1 Å². The van der Waals surface area contributed by atoms with Gasteiger partial charge in [-0.1, -0.05) is 26.0 Å². The minimum Gasteiger partial charge on any atom is -0.329 e. The first-order valence-corrected chi connectivity index (χ1v) is 6.55. The van der Waals surface area contributed by atoms with E-state index < -0.39 is 0 Å². The lowest BCUT2D eigenvalue weighted by Gasteiger charge is -2.20. The van der Waals surface area contributed by atoms with Gasteiger partial charge in [-0.3, -0.25) is 0 Å². The lowest BCUT2D eigenvalue weighted by Crippen LogP contribution is -2.30. The molecule has 0 bridgehead atoms. The van der Waals surface area contributed by atoms with Crippen LogP contribution in [0.15, 0.2) is 30.5 Å². The van der Waals surface area contributed by atoms with Gasteiger partial charge in [-0.05, 0) is 37.1 Å². The Morgan fingerprint density at radius 3 is 2.47 bits per heavy atom. The van der Waals surface area contributed by atoms with Gasteiger partial charge in [0, 0.05) is 23.7 Å². The third-order valence-electron chi connectivity index (χ3n) is 3.57. The molecule has 0 atom stereocenters. The van der Waals surface area contributed by atoms with Crippen molar-refractivity contribution in [3.05, 3.63) is 47.4 Å². The van der Waals surface area contributed by atoms with Gasteiger partial charge in [0.05, 0.1) is 5.69 Å². The Balaban J connectivity index is 2.46. The van der Waals surface area contributed by atoms with E-state index in [1.807, 2.05) is 12.3 Å². The molecule has 0 radical (unpaired) electrons. The molecule has 0 aliphatic heterocycles. The fourth-order valence-electron chi connectivity index (χ4n) is 1.84. The van der Waals surface area contributed by atoms with Gasteiger partial charge in [0.15, 0.2) is 0 Å². The zero-order valence-electron chi connectivity index (χ0n) is 12.1. The monoisotopic (exact) mass is 255 g/mol. The summed E-state index contributed by atoms with van der Waals surface area (Å²) < 4.78 is 0. The lowest BCUT2D eigenvalue weighted by molar-refractivity contribution is 0.503. The summed E-state index contributed by atoms with van der Waals surface area (Å²) in [5.74, 6) is 0.797. The second-order valence-electron chi connectivity index (χ2n) is 5.65. The van der Waals surface area contributed by atoms with E-state index in [0.29, 0.717) is 6.54 Å². The van der Waals surface area contributed by atoms with Crippen LogP contribution in [0.25, 0.3) is 11.3 Å². The van der Waals surface area contributed by atoms with Crippen molar-refractivity contribution in [2.45, 2.75) is 33.1 Å². The highest BCUT2D eigenvalue weighted by Gasteiger charge is 2.22. The average molecular weight is 255 g/mol. The fourth-order valence-corrected chi connectivity index (χ4v) is 1.84. The van der Waals surface area contributed by atoms with E-state index in [-0.39, 0.29) is 5.41 Å². The second kappa shape index (κ2) is 5.10. The molecule has 2 rings (SSSR count). The summed E-state index contributed by atoms with van der Waals surface area (Å²) in [6.07, 6.45) is 1.81. The Morgan fingerprint density at radius 2 is 1.84 bits per heavy atom. The summed E-state index contributed by atoms with van der Waals surface area (Å²) in [7, 11) is 0. The van der Waals surface area contributed by atoms with Crippen LogP contribution in [0.1, 0.15) is 30.8 Å². The Morgan fingerprint density at radius 1 is 1.11 bits per heavy atom. The highest BCUT2D eigenvalue weighted by molar-refractivity contribution is 5.60. The van der Waals surface area contributed by atoms with E-state index in [1.165, 1.54) is 11.1 Å². The zero-order valence-corrected chi connectivity index (χ0v) is 12.1. The molecule has 1 aromatic carbocycles. The van der Waals surface area contributed by atoms with Crippen LogP contribution in [0, 0.1) is 13.8 Å². The molecule has 1 heterocycles. The SMILES string of the molecule is Cc1ccc(-c2ccnc(C(C)(C)CN)n2)cc1C. The summed E-state index contributed by atoms with van der Waals surface area (Å²) in [6, 6.07) is 8.33. The van der Waals surface area contributed by atoms with Crippen molar-refractivity contribution in [2.75, 3.05) is 6.54 Å². The van der Waals surface area contributed by atoms with Crippen molar-refractivity contribution in [2.24, 2.45) is 5.73 Å². The van der Waals surface area contributed by atoms with Crippen molar-refractivity contribution in [1.29, 1.82) is 0 Å². The molecule has 0 aliphatic carbocycles. The maximum Gasteiger partial charge on any atom is 0.135 e. The number of rotatable bonds is 3. The minimum absolute atomic E-state index is 0.199. The number of hydrogen-bond donors (Lipinski definition) is 1. The fraction of sp³-hybridized carbons (Fsp3) is 0.375. The molecule has 0 aliphatic rings. The largest absolute Gasteiger partial charge is 0.329 e. The highest BCUT2D eigenvalue weighted by Crippen LogP contribution is 2.23. The van der Waals surface area contributed by atoms with Crippen LogP contribution in [-0.2, 0) is 5.41 Å². The smallest absolute Gasteiger partial charge is 0.135 e. The normalized spacial score (nSPS) is 11.6. The van der Waals surface area contributed by atoms with E-state index >= 15 is 0 Å². The molecule has 1 aromatic heterocycles.